The average Bonchev–Trinajstić information content (AvgIpc) is 3.86. The number of aromatic nitrogens is 5. The van der Waals surface area contributed by atoms with E-state index in [2.05, 4.69) is 61.9 Å². The van der Waals surface area contributed by atoms with Crippen LogP contribution in [0.3, 0.4) is 0 Å². The summed E-state index contributed by atoms with van der Waals surface area (Å²) in [6, 6.07) is 24.8. The molecule has 1 saturated heterocycles. The zero-order valence-corrected chi connectivity index (χ0v) is 31.6. The Morgan fingerprint density at radius 1 is 0.836 bits per heavy atom. The van der Waals surface area contributed by atoms with E-state index in [0.717, 1.165) is 52.9 Å². The van der Waals surface area contributed by atoms with Crippen molar-refractivity contribution in [3.8, 4) is 11.4 Å². The molecule has 0 bridgehead atoms. The summed E-state index contributed by atoms with van der Waals surface area (Å²) in [5.74, 6) is 2.02. The van der Waals surface area contributed by atoms with E-state index >= 15 is 0 Å². The maximum absolute atomic E-state index is 13.5. The van der Waals surface area contributed by atoms with Gasteiger partial charge in [0.15, 0.2) is 0 Å². The quantitative estimate of drug-likeness (QED) is 0.0995. The van der Waals surface area contributed by atoms with Gasteiger partial charge in [0.05, 0.1) is 29.5 Å². The Balaban J connectivity index is 0.983. The number of anilines is 4. The number of nitrogens with zero attached hydrogens (tertiary/aromatic N) is 6. The van der Waals surface area contributed by atoms with Crippen LogP contribution in [0, 0.1) is 6.92 Å². The molecule has 7 rings (SSSR count). The highest BCUT2D eigenvalue weighted by Crippen LogP contribution is 2.33. The smallest absolute Gasteiger partial charge is 0.324 e. The molecular weight excluding hydrogens is 693 g/mol. The first kappa shape index (κ1) is 37.0. The lowest BCUT2D eigenvalue weighted by atomic mass is 9.92. The van der Waals surface area contributed by atoms with Gasteiger partial charge in [-0.3, -0.25) is 10.1 Å². The maximum Gasteiger partial charge on any atom is 0.324 e. The van der Waals surface area contributed by atoms with Crippen LogP contribution in [-0.4, -0.2) is 67.7 Å². The van der Waals surface area contributed by atoms with Crippen LogP contribution in [0.25, 0.3) is 16.5 Å². The Hall–Kier alpha value is -6.34. The van der Waals surface area contributed by atoms with E-state index in [1.165, 1.54) is 25.2 Å². The summed E-state index contributed by atoms with van der Waals surface area (Å²) in [4.78, 5) is 41.4. The third kappa shape index (κ3) is 9.25. The zero-order valence-electron chi connectivity index (χ0n) is 31.6. The first-order valence-electron chi connectivity index (χ1n) is 18.5. The molecule has 1 aliphatic heterocycles. The fourth-order valence-electron chi connectivity index (χ4n) is 6.35. The van der Waals surface area contributed by atoms with Gasteiger partial charge in [-0.15, -0.1) is 0 Å². The fraction of sp³-hybridized carbons (Fsp3) is 0.286. The fourth-order valence-corrected chi connectivity index (χ4v) is 6.35. The minimum absolute atomic E-state index is 0.211. The van der Waals surface area contributed by atoms with Gasteiger partial charge in [-0.05, 0) is 74.8 Å². The molecule has 0 radical (unpaired) electrons. The molecule has 0 unspecified atom stereocenters. The van der Waals surface area contributed by atoms with Crippen molar-refractivity contribution < 1.29 is 14.3 Å². The molecule has 0 aliphatic carbocycles. The molecular formula is C42H46N10O3. The molecule has 0 spiro atoms. The van der Waals surface area contributed by atoms with Crippen LogP contribution < -0.4 is 26.0 Å². The second-order valence-corrected chi connectivity index (χ2v) is 14.7. The minimum atomic E-state index is -0.389. The molecule has 1 fully saturated rings. The molecule has 282 valence electrons. The van der Waals surface area contributed by atoms with Crippen molar-refractivity contribution in [1.29, 1.82) is 0 Å². The number of likely N-dealkylation sites (tertiary alicyclic amines) is 1. The largest absolute Gasteiger partial charge is 0.488 e. The number of carbonyl (C=O) groups is 2. The van der Waals surface area contributed by atoms with Gasteiger partial charge in [0.1, 0.15) is 35.5 Å². The summed E-state index contributed by atoms with van der Waals surface area (Å²) in [5.41, 5.74) is 4.42. The van der Waals surface area contributed by atoms with Gasteiger partial charge < -0.3 is 25.6 Å². The number of hydrogen-bond donors (Lipinski definition) is 4. The second kappa shape index (κ2) is 16.4. The van der Waals surface area contributed by atoms with Crippen LogP contribution >= 0.6 is 0 Å². The lowest BCUT2D eigenvalue weighted by Crippen LogP contribution is -2.33. The number of urea groups is 1. The van der Waals surface area contributed by atoms with Crippen LogP contribution in [0.15, 0.2) is 97.5 Å². The van der Waals surface area contributed by atoms with E-state index in [9.17, 15) is 9.59 Å². The number of aryl methyl sites for hydroxylation is 1. The molecule has 13 heteroatoms. The molecule has 3 amide bonds. The van der Waals surface area contributed by atoms with E-state index in [0.29, 0.717) is 35.4 Å². The molecule has 4 N–H and O–H groups in total. The number of fused-ring (bicyclic) bond motifs is 1. The number of nitrogens with one attached hydrogen (secondary N) is 4. The highest BCUT2D eigenvalue weighted by Gasteiger charge is 2.22. The van der Waals surface area contributed by atoms with Crippen LogP contribution in [0.5, 0.6) is 5.75 Å². The lowest BCUT2D eigenvalue weighted by molar-refractivity contribution is 0.0944. The Kier molecular flexibility index (Phi) is 11.0. The van der Waals surface area contributed by atoms with Gasteiger partial charge in [-0.25, -0.2) is 24.4 Å². The summed E-state index contributed by atoms with van der Waals surface area (Å²) < 4.78 is 8.07. The van der Waals surface area contributed by atoms with Crippen molar-refractivity contribution in [2.45, 2.75) is 52.6 Å². The van der Waals surface area contributed by atoms with Crippen molar-refractivity contribution in [3.63, 3.8) is 0 Å². The third-order valence-electron chi connectivity index (χ3n) is 9.40. The minimum Gasteiger partial charge on any atom is -0.488 e. The van der Waals surface area contributed by atoms with Crippen LogP contribution in [0.1, 0.15) is 60.9 Å². The van der Waals surface area contributed by atoms with Gasteiger partial charge in [0, 0.05) is 41.5 Å². The maximum atomic E-state index is 13.5. The van der Waals surface area contributed by atoms with E-state index in [4.69, 9.17) is 9.84 Å². The van der Waals surface area contributed by atoms with Crippen molar-refractivity contribution in [2.75, 3.05) is 42.1 Å². The molecule has 1 aliphatic rings. The number of amides is 3. The number of pyridine rings is 1. The topological polar surface area (TPSA) is 151 Å². The molecule has 3 aromatic carbocycles. The summed E-state index contributed by atoms with van der Waals surface area (Å²) in [7, 11) is 0. The predicted octanol–water partition coefficient (Wildman–Crippen LogP) is 7.61. The predicted molar refractivity (Wildman–Crippen MR) is 215 cm³/mol. The van der Waals surface area contributed by atoms with Crippen LogP contribution in [-0.2, 0) is 12.0 Å². The van der Waals surface area contributed by atoms with E-state index in [1.807, 2.05) is 85.8 Å². The molecule has 6 aromatic rings. The Morgan fingerprint density at radius 2 is 1.62 bits per heavy atom. The second-order valence-electron chi connectivity index (χ2n) is 14.7. The van der Waals surface area contributed by atoms with E-state index in [-0.39, 0.29) is 29.7 Å². The van der Waals surface area contributed by atoms with Gasteiger partial charge in [-0.1, -0.05) is 62.7 Å². The average molecular weight is 739 g/mol. The van der Waals surface area contributed by atoms with Gasteiger partial charge in [-0.2, -0.15) is 5.10 Å². The third-order valence-corrected chi connectivity index (χ3v) is 9.40. The Morgan fingerprint density at radius 3 is 2.36 bits per heavy atom. The van der Waals surface area contributed by atoms with Gasteiger partial charge in [0.2, 0.25) is 0 Å². The SMILES string of the molecule is Cc1ccc(-n2nc(C(C)(C)C)cc2NC(=O)Nc2ccc(OCc3ccnc(Nc4cnc(C(=O)NCCN5CCCC5)cn4)c3)c3ccccc23)cc1. The molecule has 0 atom stereocenters. The zero-order chi connectivity index (χ0) is 38.4. The van der Waals surface area contributed by atoms with Crippen LogP contribution in [0.4, 0.5) is 27.9 Å². The number of rotatable bonds is 12. The normalized spacial score (nSPS) is 13.1. The van der Waals surface area contributed by atoms with Crippen molar-refractivity contribution in [1.82, 2.24) is 34.9 Å². The van der Waals surface area contributed by atoms with Gasteiger partial charge >= 0.3 is 6.03 Å². The number of benzene rings is 3. The van der Waals surface area contributed by atoms with Crippen molar-refractivity contribution in [2.24, 2.45) is 0 Å². The first-order chi connectivity index (χ1) is 26.6. The molecule has 13 nitrogen and oxygen atoms in total. The van der Waals surface area contributed by atoms with Crippen molar-refractivity contribution in [3.05, 3.63) is 120 Å². The van der Waals surface area contributed by atoms with Gasteiger partial charge in [0.25, 0.3) is 5.91 Å². The number of carbonyl (C=O) groups excluding carboxylic acids is 2. The van der Waals surface area contributed by atoms with Crippen LogP contribution in [0.2, 0.25) is 0 Å². The Labute approximate surface area is 320 Å². The number of ether oxygens (including phenoxy) is 1. The molecule has 3 aromatic heterocycles. The standard InChI is InChI=1S/C42H46N10O3/c1-28-11-13-30(14-12-28)52-39(24-36(50-52)42(2,3)4)49-41(54)47-33-15-16-35(32-10-6-5-9-31(32)33)55-27-29-17-18-43-37(23-29)48-38-26-45-34(25-46-38)40(53)44-19-22-51-20-7-8-21-51/h5-6,9-18,23-26H,7-8,19-22,27H2,1-4H3,(H,44,53)(H,43,46,48)(H2,47,49,54). The first-order valence-corrected chi connectivity index (χ1v) is 18.5. The lowest BCUT2D eigenvalue weighted by Gasteiger charge is -2.15. The monoisotopic (exact) mass is 738 g/mol. The summed E-state index contributed by atoms with van der Waals surface area (Å²) >= 11 is 0. The molecule has 55 heavy (non-hydrogen) atoms. The molecule has 4 heterocycles. The molecule has 0 saturated carbocycles. The summed E-state index contributed by atoms with van der Waals surface area (Å²) in [6.07, 6.45) is 7.10. The highest BCUT2D eigenvalue weighted by molar-refractivity contribution is 6.07. The van der Waals surface area contributed by atoms with Crippen molar-refractivity contribution >= 4 is 45.9 Å². The van der Waals surface area contributed by atoms with E-state index in [1.54, 1.807) is 10.9 Å². The Bertz CT molecular complexity index is 2270. The number of hydrogen-bond acceptors (Lipinski definition) is 9. The summed E-state index contributed by atoms with van der Waals surface area (Å²) in [5, 5.41) is 18.6. The highest BCUT2D eigenvalue weighted by atomic mass is 16.5. The summed E-state index contributed by atoms with van der Waals surface area (Å²) in [6.45, 7) is 12.2. The van der Waals surface area contributed by atoms with E-state index < -0.39 is 0 Å².